The minimum atomic E-state index is -3.58. The van der Waals surface area contributed by atoms with Gasteiger partial charge in [-0.2, -0.15) is 4.98 Å². The lowest BCUT2D eigenvalue weighted by atomic mass is 9.94. The predicted molar refractivity (Wildman–Crippen MR) is 96.9 cm³/mol. The Kier molecular flexibility index (Phi) is 4.50. The molecule has 2 heterocycles. The first-order valence-corrected chi connectivity index (χ1v) is 9.66. The van der Waals surface area contributed by atoms with Gasteiger partial charge >= 0.3 is 0 Å². The highest BCUT2D eigenvalue weighted by molar-refractivity contribution is 9.10. The molecule has 0 unspecified atom stereocenters. The number of aromatic nitrogens is 2. The zero-order valence-electron chi connectivity index (χ0n) is 13.3. The van der Waals surface area contributed by atoms with Crippen molar-refractivity contribution in [1.29, 1.82) is 0 Å². The average Bonchev–Trinajstić information content (AvgIpc) is 2.54. The molecule has 9 heteroatoms. The highest BCUT2D eigenvalue weighted by atomic mass is 79.9. The summed E-state index contributed by atoms with van der Waals surface area (Å²) in [4.78, 5) is 8.85. The maximum absolute atomic E-state index is 12.5. The fourth-order valence-electron chi connectivity index (χ4n) is 2.18. The Morgan fingerprint density at radius 2 is 2.04 bits per heavy atom. The molecular weight excluding hydrogens is 394 g/mol. The van der Waals surface area contributed by atoms with E-state index in [0.717, 1.165) is 4.47 Å². The van der Waals surface area contributed by atoms with E-state index in [4.69, 9.17) is 0 Å². The van der Waals surface area contributed by atoms with Gasteiger partial charge in [0.2, 0.25) is 16.0 Å². The van der Waals surface area contributed by atoms with Gasteiger partial charge in [0.25, 0.3) is 0 Å². The Bertz CT molecular complexity index is 870. The number of hydrogen-bond acceptors (Lipinski definition) is 6. The molecule has 0 saturated heterocycles. The summed E-state index contributed by atoms with van der Waals surface area (Å²) in [7, 11) is -3.58. The summed E-state index contributed by atoms with van der Waals surface area (Å²) in [5.41, 5.74) is 0.293. The normalized spacial score (nSPS) is 19.0. The highest BCUT2D eigenvalue weighted by Gasteiger charge is 2.23. The van der Waals surface area contributed by atoms with Crippen LogP contribution in [-0.4, -0.2) is 31.5 Å². The van der Waals surface area contributed by atoms with Crippen LogP contribution in [0.15, 0.2) is 39.8 Å². The third kappa shape index (κ3) is 3.85. The molecule has 2 aromatic rings. The number of halogens is 1. The molecule has 1 aromatic heterocycles. The highest BCUT2D eigenvalue weighted by Crippen LogP contribution is 2.25. The smallest absolute Gasteiger partial charge is 0.240 e. The van der Waals surface area contributed by atoms with Crippen molar-refractivity contribution < 1.29 is 8.42 Å². The SMILES string of the molecule is CC1(C)CNc2nc(ncc2Br)Nc2cccc(c2)S(=O)(=O)NC1. The van der Waals surface area contributed by atoms with Crippen LogP contribution >= 0.6 is 15.9 Å². The minimum absolute atomic E-state index is 0.202. The van der Waals surface area contributed by atoms with Crippen molar-refractivity contribution in [2.75, 3.05) is 23.7 Å². The van der Waals surface area contributed by atoms with Gasteiger partial charge in [-0.05, 0) is 39.5 Å². The van der Waals surface area contributed by atoms with Crippen LogP contribution in [0, 0.1) is 5.41 Å². The molecule has 3 N–H and O–H groups in total. The third-order valence-corrected chi connectivity index (χ3v) is 5.60. The molecule has 0 radical (unpaired) electrons. The van der Waals surface area contributed by atoms with Crippen LogP contribution in [0.25, 0.3) is 0 Å². The summed E-state index contributed by atoms with van der Waals surface area (Å²) in [6.07, 6.45) is 1.66. The van der Waals surface area contributed by atoms with Crippen molar-refractivity contribution in [2.24, 2.45) is 5.41 Å². The van der Waals surface area contributed by atoms with Crippen molar-refractivity contribution >= 4 is 43.4 Å². The lowest BCUT2D eigenvalue weighted by Gasteiger charge is -2.25. The first-order valence-electron chi connectivity index (χ1n) is 7.38. The maximum atomic E-state index is 12.5. The van der Waals surface area contributed by atoms with Crippen LogP contribution in [0.3, 0.4) is 0 Å². The molecule has 0 fully saturated rings. The average molecular weight is 412 g/mol. The molecule has 0 amide bonds. The van der Waals surface area contributed by atoms with E-state index < -0.39 is 10.0 Å². The molecule has 0 aliphatic carbocycles. The van der Waals surface area contributed by atoms with Gasteiger partial charge in [0, 0.05) is 25.0 Å². The second-order valence-electron chi connectivity index (χ2n) is 6.39. The van der Waals surface area contributed by atoms with E-state index in [0.29, 0.717) is 30.5 Å². The van der Waals surface area contributed by atoms with Crippen LogP contribution in [0.1, 0.15) is 13.8 Å². The number of hydrogen-bond donors (Lipinski definition) is 3. The Balaban J connectivity index is 2.07. The molecule has 1 aromatic carbocycles. The predicted octanol–water partition coefficient (Wildman–Crippen LogP) is 2.71. The second-order valence-corrected chi connectivity index (χ2v) is 9.01. The Morgan fingerprint density at radius 1 is 1.25 bits per heavy atom. The molecule has 128 valence electrons. The Hall–Kier alpha value is -1.71. The van der Waals surface area contributed by atoms with Crippen molar-refractivity contribution in [3.63, 3.8) is 0 Å². The van der Waals surface area contributed by atoms with Gasteiger partial charge in [0.15, 0.2) is 0 Å². The summed E-state index contributed by atoms with van der Waals surface area (Å²) < 4.78 is 28.4. The number of benzene rings is 1. The van der Waals surface area contributed by atoms with Crippen molar-refractivity contribution in [3.05, 3.63) is 34.9 Å². The molecule has 1 aliphatic rings. The largest absolute Gasteiger partial charge is 0.368 e. The lowest BCUT2D eigenvalue weighted by Crippen LogP contribution is -2.38. The number of fused-ring (bicyclic) bond motifs is 4. The van der Waals surface area contributed by atoms with Crippen molar-refractivity contribution in [1.82, 2.24) is 14.7 Å². The Labute approximate surface area is 149 Å². The topological polar surface area (TPSA) is 96.0 Å². The molecular formula is C15H18BrN5O2S. The third-order valence-electron chi connectivity index (χ3n) is 3.62. The summed E-state index contributed by atoms with van der Waals surface area (Å²) in [5.74, 6) is 1.04. The minimum Gasteiger partial charge on any atom is -0.368 e. The Morgan fingerprint density at radius 3 is 2.83 bits per heavy atom. The van der Waals surface area contributed by atoms with Gasteiger partial charge in [-0.25, -0.2) is 18.1 Å². The van der Waals surface area contributed by atoms with Crippen LogP contribution in [-0.2, 0) is 10.0 Å². The first-order chi connectivity index (χ1) is 11.3. The summed E-state index contributed by atoms with van der Waals surface area (Å²) in [6, 6.07) is 6.57. The summed E-state index contributed by atoms with van der Waals surface area (Å²) in [5, 5.41) is 6.28. The van der Waals surface area contributed by atoms with Gasteiger partial charge in [-0.15, -0.1) is 0 Å². The van der Waals surface area contributed by atoms with Crippen LogP contribution in [0.4, 0.5) is 17.5 Å². The standard InChI is InChI=1S/C15H18BrN5O2S/c1-15(2)8-18-13-12(16)7-17-14(21-13)20-10-4-3-5-11(6-10)24(22,23)19-9-15/h3-7,19H,8-9H2,1-2H3,(H2,17,18,20,21). The van der Waals surface area contributed by atoms with Crippen LogP contribution < -0.4 is 15.4 Å². The first kappa shape index (κ1) is 17.1. The zero-order valence-corrected chi connectivity index (χ0v) is 15.7. The molecule has 3 rings (SSSR count). The fourth-order valence-corrected chi connectivity index (χ4v) is 3.80. The van der Waals surface area contributed by atoms with Gasteiger partial charge in [-0.1, -0.05) is 19.9 Å². The number of sulfonamides is 1. The van der Waals surface area contributed by atoms with E-state index in [-0.39, 0.29) is 10.3 Å². The number of nitrogens with one attached hydrogen (secondary N) is 3. The van der Waals surface area contributed by atoms with E-state index in [1.54, 1.807) is 30.5 Å². The van der Waals surface area contributed by atoms with Gasteiger partial charge in [-0.3, -0.25) is 0 Å². The molecule has 0 saturated carbocycles. The summed E-state index contributed by atoms with van der Waals surface area (Å²) in [6.45, 7) is 4.80. The van der Waals surface area contributed by atoms with Gasteiger partial charge in [0.05, 0.1) is 9.37 Å². The quantitative estimate of drug-likeness (QED) is 0.616. The zero-order chi connectivity index (χ0) is 17.4. The molecule has 0 atom stereocenters. The van der Waals surface area contributed by atoms with E-state index in [2.05, 4.69) is 41.3 Å². The molecule has 1 aliphatic heterocycles. The number of nitrogens with zero attached hydrogens (tertiary/aromatic N) is 2. The lowest BCUT2D eigenvalue weighted by molar-refractivity contribution is 0.387. The molecule has 0 spiro atoms. The molecule has 7 nitrogen and oxygen atoms in total. The summed E-state index contributed by atoms with van der Waals surface area (Å²) >= 11 is 3.42. The number of anilines is 3. The van der Waals surface area contributed by atoms with Crippen molar-refractivity contribution in [3.8, 4) is 0 Å². The maximum Gasteiger partial charge on any atom is 0.240 e. The van der Waals surface area contributed by atoms with Crippen LogP contribution in [0.5, 0.6) is 0 Å². The van der Waals surface area contributed by atoms with Gasteiger partial charge in [0.1, 0.15) is 5.82 Å². The van der Waals surface area contributed by atoms with Crippen molar-refractivity contribution in [2.45, 2.75) is 18.7 Å². The van der Waals surface area contributed by atoms with E-state index in [1.165, 1.54) is 0 Å². The van der Waals surface area contributed by atoms with E-state index >= 15 is 0 Å². The van der Waals surface area contributed by atoms with Crippen LogP contribution in [0.2, 0.25) is 0 Å². The van der Waals surface area contributed by atoms with Gasteiger partial charge < -0.3 is 10.6 Å². The van der Waals surface area contributed by atoms with E-state index in [1.807, 2.05) is 13.8 Å². The fraction of sp³-hybridized carbons (Fsp3) is 0.333. The molecule has 24 heavy (non-hydrogen) atoms. The monoisotopic (exact) mass is 411 g/mol. The number of rotatable bonds is 0. The second kappa shape index (κ2) is 6.30. The van der Waals surface area contributed by atoms with E-state index in [9.17, 15) is 8.42 Å². The molecule has 4 bridgehead atoms.